The number of thioether (sulfide) groups is 1. The Hall–Kier alpha value is -0.940. The number of nitrogens with one attached hydrogen (secondary N) is 2. The molecule has 3 rings (SSSR count). The van der Waals surface area contributed by atoms with E-state index in [1.54, 1.807) is 0 Å². The minimum Gasteiger partial charge on any atom is -0.350 e. The number of hydrogen-bond acceptors (Lipinski definition) is 3. The molecule has 2 aliphatic heterocycles. The van der Waals surface area contributed by atoms with Crippen LogP contribution in [0, 0.1) is 0 Å². The molecule has 1 amide bonds. The van der Waals surface area contributed by atoms with Crippen LogP contribution in [-0.4, -0.2) is 41.1 Å². The molecule has 2 saturated heterocycles. The second kappa shape index (κ2) is 7.36. The van der Waals surface area contributed by atoms with Gasteiger partial charge in [0.05, 0.1) is 0 Å². The van der Waals surface area contributed by atoms with Crippen LogP contribution in [0.25, 0.3) is 0 Å². The smallest absolute Gasteiger partial charge is 0.267 e. The number of carbonyl (C=O) groups excluding carboxylic acids is 1. The lowest BCUT2D eigenvalue weighted by Crippen LogP contribution is -2.35. The van der Waals surface area contributed by atoms with Crippen molar-refractivity contribution in [3.05, 3.63) is 24.0 Å². The quantitative estimate of drug-likeness (QED) is 0.898. The van der Waals surface area contributed by atoms with E-state index in [-0.39, 0.29) is 5.91 Å². The standard InChI is InChI=1S/C16H25N3OS/c20-16(18-12-14-4-1-2-11-21-14)15-5-3-10-19(15)13-6-8-17-9-7-13/h3,5,10,13-14,17H,1-2,4,6-9,11-12H2,(H,18,20). The van der Waals surface area contributed by atoms with Gasteiger partial charge in [0.1, 0.15) is 5.69 Å². The fourth-order valence-corrected chi connectivity index (χ4v) is 4.49. The Morgan fingerprint density at radius 1 is 1.33 bits per heavy atom. The lowest BCUT2D eigenvalue weighted by Gasteiger charge is -2.26. The monoisotopic (exact) mass is 307 g/mol. The number of amides is 1. The predicted octanol–water partition coefficient (Wildman–Crippen LogP) is 2.43. The summed E-state index contributed by atoms with van der Waals surface area (Å²) in [4.78, 5) is 12.5. The molecular formula is C16H25N3OS. The van der Waals surface area contributed by atoms with Crippen molar-refractivity contribution in [1.82, 2.24) is 15.2 Å². The largest absolute Gasteiger partial charge is 0.350 e. The highest BCUT2D eigenvalue weighted by Crippen LogP contribution is 2.25. The highest BCUT2D eigenvalue weighted by Gasteiger charge is 2.21. The van der Waals surface area contributed by atoms with E-state index in [1.165, 1.54) is 25.0 Å². The molecule has 2 N–H and O–H groups in total. The van der Waals surface area contributed by atoms with Crippen molar-refractivity contribution in [2.45, 2.75) is 43.4 Å². The fourth-order valence-electron chi connectivity index (χ4n) is 3.25. The van der Waals surface area contributed by atoms with E-state index in [0.717, 1.165) is 38.2 Å². The third-order valence-corrected chi connectivity index (χ3v) is 5.88. The number of rotatable bonds is 4. The van der Waals surface area contributed by atoms with Crippen molar-refractivity contribution in [1.29, 1.82) is 0 Å². The first-order valence-corrected chi connectivity index (χ1v) is 9.17. The van der Waals surface area contributed by atoms with E-state index in [0.29, 0.717) is 11.3 Å². The summed E-state index contributed by atoms with van der Waals surface area (Å²) in [5.74, 6) is 1.33. The second-order valence-corrected chi connectivity index (χ2v) is 7.39. The normalized spacial score (nSPS) is 23.9. The summed E-state index contributed by atoms with van der Waals surface area (Å²) < 4.78 is 2.17. The molecular weight excluding hydrogens is 282 g/mol. The van der Waals surface area contributed by atoms with Crippen molar-refractivity contribution >= 4 is 17.7 Å². The second-order valence-electron chi connectivity index (χ2n) is 5.98. The zero-order valence-corrected chi connectivity index (χ0v) is 13.3. The minimum absolute atomic E-state index is 0.0877. The number of aromatic nitrogens is 1. The highest BCUT2D eigenvalue weighted by atomic mass is 32.2. The molecule has 0 spiro atoms. The highest BCUT2D eigenvalue weighted by molar-refractivity contribution is 7.99. The van der Waals surface area contributed by atoms with Crippen LogP contribution < -0.4 is 10.6 Å². The molecule has 2 fully saturated rings. The Balaban J connectivity index is 1.58. The van der Waals surface area contributed by atoms with Gasteiger partial charge in [0.25, 0.3) is 5.91 Å². The van der Waals surface area contributed by atoms with Crippen LogP contribution in [0.15, 0.2) is 18.3 Å². The molecule has 4 nitrogen and oxygen atoms in total. The molecule has 1 aromatic heterocycles. The maximum atomic E-state index is 12.5. The van der Waals surface area contributed by atoms with Gasteiger partial charge in [0.2, 0.25) is 0 Å². The predicted molar refractivity (Wildman–Crippen MR) is 88.0 cm³/mol. The lowest BCUT2D eigenvalue weighted by atomic mass is 10.1. The Bertz CT molecular complexity index is 462. The van der Waals surface area contributed by atoms with Crippen LogP contribution in [0.4, 0.5) is 0 Å². The van der Waals surface area contributed by atoms with E-state index in [4.69, 9.17) is 0 Å². The Morgan fingerprint density at radius 3 is 2.95 bits per heavy atom. The minimum atomic E-state index is 0.0877. The SMILES string of the molecule is O=C(NCC1CCCCS1)c1cccn1C1CCNCC1. The Labute approximate surface area is 131 Å². The first kappa shape index (κ1) is 15.0. The van der Waals surface area contributed by atoms with Gasteiger partial charge in [0, 0.05) is 24.0 Å². The molecule has 5 heteroatoms. The van der Waals surface area contributed by atoms with E-state index in [2.05, 4.69) is 21.4 Å². The van der Waals surface area contributed by atoms with Gasteiger partial charge in [-0.15, -0.1) is 0 Å². The van der Waals surface area contributed by atoms with Gasteiger partial charge in [-0.25, -0.2) is 0 Å². The third-order valence-electron chi connectivity index (χ3n) is 4.48. The Kier molecular flexibility index (Phi) is 5.25. The van der Waals surface area contributed by atoms with E-state index < -0.39 is 0 Å². The molecule has 0 radical (unpaired) electrons. The number of hydrogen-bond donors (Lipinski definition) is 2. The van der Waals surface area contributed by atoms with Crippen LogP contribution in [0.2, 0.25) is 0 Å². The first-order valence-electron chi connectivity index (χ1n) is 8.12. The molecule has 1 unspecified atom stereocenters. The van der Waals surface area contributed by atoms with Crippen molar-refractivity contribution in [3.8, 4) is 0 Å². The van der Waals surface area contributed by atoms with Crippen molar-refractivity contribution in [2.24, 2.45) is 0 Å². The first-order chi connectivity index (χ1) is 10.3. The average Bonchev–Trinajstić information content (AvgIpc) is 3.04. The van der Waals surface area contributed by atoms with Crippen LogP contribution >= 0.6 is 11.8 Å². The van der Waals surface area contributed by atoms with E-state index in [1.807, 2.05) is 23.9 Å². The van der Waals surface area contributed by atoms with Gasteiger partial charge >= 0.3 is 0 Å². The third kappa shape index (κ3) is 3.83. The summed E-state index contributed by atoms with van der Waals surface area (Å²) >= 11 is 2.00. The van der Waals surface area contributed by atoms with Crippen molar-refractivity contribution in [3.63, 3.8) is 0 Å². The molecule has 0 bridgehead atoms. The molecule has 2 aliphatic rings. The molecule has 0 aliphatic carbocycles. The van der Waals surface area contributed by atoms with Crippen LogP contribution in [0.5, 0.6) is 0 Å². The van der Waals surface area contributed by atoms with E-state index in [9.17, 15) is 4.79 Å². The maximum absolute atomic E-state index is 12.5. The zero-order chi connectivity index (χ0) is 14.5. The van der Waals surface area contributed by atoms with Gasteiger partial charge in [-0.1, -0.05) is 6.42 Å². The molecule has 1 atom stereocenters. The summed E-state index contributed by atoms with van der Waals surface area (Å²) in [5.41, 5.74) is 0.822. The summed E-state index contributed by atoms with van der Waals surface area (Å²) in [6.45, 7) is 2.89. The van der Waals surface area contributed by atoms with Gasteiger partial charge in [-0.2, -0.15) is 11.8 Å². The topological polar surface area (TPSA) is 46.1 Å². The van der Waals surface area contributed by atoms with Gasteiger partial charge in [-0.3, -0.25) is 4.79 Å². The summed E-state index contributed by atoms with van der Waals surface area (Å²) in [7, 11) is 0. The summed E-state index contributed by atoms with van der Waals surface area (Å²) in [6, 6.07) is 4.41. The summed E-state index contributed by atoms with van der Waals surface area (Å²) in [5, 5.41) is 7.12. The maximum Gasteiger partial charge on any atom is 0.267 e. The van der Waals surface area contributed by atoms with Crippen LogP contribution in [-0.2, 0) is 0 Å². The molecule has 3 heterocycles. The van der Waals surface area contributed by atoms with Crippen LogP contribution in [0.3, 0.4) is 0 Å². The fraction of sp³-hybridized carbons (Fsp3) is 0.688. The van der Waals surface area contributed by atoms with Crippen LogP contribution in [0.1, 0.15) is 48.6 Å². The number of piperidine rings is 1. The Morgan fingerprint density at radius 2 is 2.19 bits per heavy atom. The molecule has 1 aromatic rings. The van der Waals surface area contributed by atoms with Gasteiger partial charge < -0.3 is 15.2 Å². The molecule has 0 aromatic carbocycles. The average molecular weight is 307 g/mol. The van der Waals surface area contributed by atoms with E-state index >= 15 is 0 Å². The molecule has 116 valence electrons. The zero-order valence-electron chi connectivity index (χ0n) is 12.5. The van der Waals surface area contributed by atoms with Crippen molar-refractivity contribution in [2.75, 3.05) is 25.4 Å². The van der Waals surface area contributed by atoms with Gasteiger partial charge in [-0.05, 0) is 56.7 Å². The van der Waals surface area contributed by atoms with Gasteiger partial charge in [0.15, 0.2) is 0 Å². The summed E-state index contributed by atoms with van der Waals surface area (Å²) in [6.07, 6.45) is 8.13. The van der Waals surface area contributed by atoms with Crippen molar-refractivity contribution < 1.29 is 4.79 Å². The molecule has 0 saturated carbocycles. The number of carbonyl (C=O) groups is 1. The molecule has 21 heavy (non-hydrogen) atoms. The number of nitrogens with zero attached hydrogens (tertiary/aromatic N) is 1. The lowest BCUT2D eigenvalue weighted by molar-refractivity contribution is 0.0940.